The lowest BCUT2D eigenvalue weighted by Crippen LogP contribution is -2.00. The zero-order chi connectivity index (χ0) is 13.5. The highest BCUT2D eigenvalue weighted by Gasteiger charge is 2.16. The molecule has 0 atom stereocenters. The third-order valence-electron chi connectivity index (χ3n) is 2.80. The zero-order valence-electron chi connectivity index (χ0n) is 10.6. The quantitative estimate of drug-likeness (QED) is 0.789. The lowest BCUT2D eigenvalue weighted by molar-refractivity contribution is 0.602. The third kappa shape index (κ3) is 2.52. The van der Waals surface area contributed by atoms with E-state index in [0.29, 0.717) is 17.0 Å². The minimum Gasteiger partial charge on any atom is -0.337 e. The van der Waals surface area contributed by atoms with Gasteiger partial charge in [0.2, 0.25) is 0 Å². The van der Waals surface area contributed by atoms with Crippen molar-refractivity contribution in [2.24, 2.45) is 0 Å². The second kappa shape index (κ2) is 5.22. The highest BCUT2D eigenvalue weighted by molar-refractivity contribution is 7.90. The van der Waals surface area contributed by atoms with Gasteiger partial charge in [-0.3, -0.25) is 0 Å². The fourth-order valence-corrected chi connectivity index (χ4v) is 2.85. The van der Waals surface area contributed by atoms with E-state index < -0.39 is 9.84 Å². The van der Waals surface area contributed by atoms with E-state index in [9.17, 15) is 8.42 Å². The fourth-order valence-electron chi connectivity index (χ4n) is 1.96. The molecule has 7 heteroatoms. The summed E-state index contributed by atoms with van der Waals surface area (Å²) in [7, 11) is -3.30. The normalized spacial score (nSPS) is 11.2. The van der Waals surface area contributed by atoms with Crippen LogP contribution in [0, 0.1) is 0 Å². The molecule has 0 saturated carbocycles. The Morgan fingerprint density at radius 3 is 2.55 bits per heavy atom. The molecule has 0 spiro atoms. The van der Waals surface area contributed by atoms with Gasteiger partial charge in [-0.15, -0.1) is 12.4 Å². The number of benzene rings is 1. The van der Waals surface area contributed by atoms with Crippen LogP contribution in [0.1, 0.15) is 0 Å². The molecule has 0 aliphatic carbocycles. The minimum atomic E-state index is -3.30. The number of aromatic amines is 1. The molecule has 0 bridgehead atoms. The van der Waals surface area contributed by atoms with Crippen LogP contribution in [0.3, 0.4) is 0 Å². The van der Waals surface area contributed by atoms with Crippen LogP contribution in [0.5, 0.6) is 0 Å². The third-order valence-corrected chi connectivity index (χ3v) is 3.95. The number of fused-ring (bicyclic) bond motifs is 1. The van der Waals surface area contributed by atoms with Gasteiger partial charge in [0.1, 0.15) is 5.82 Å². The van der Waals surface area contributed by atoms with E-state index in [2.05, 4.69) is 15.0 Å². The van der Waals surface area contributed by atoms with Gasteiger partial charge in [0, 0.05) is 18.0 Å². The largest absolute Gasteiger partial charge is 0.337 e. The van der Waals surface area contributed by atoms with Crippen LogP contribution in [0.25, 0.3) is 22.6 Å². The van der Waals surface area contributed by atoms with E-state index in [-0.39, 0.29) is 17.3 Å². The van der Waals surface area contributed by atoms with Crippen molar-refractivity contribution in [3.05, 3.63) is 42.6 Å². The average molecular weight is 310 g/mol. The first-order valence-corrected chi connectivity index (χ1v) is 7.55. The van der Waals surface area contributed by atoms with Gasteiger partial charge in [0.05, 0.1) is 10.4 Å². The second-order valence-corrected chi connectivity index (χ2v) is 6.21. The monoisotopic (exact) mass is 309 g/mol. The number of hydrogen-bond donors (Lipinski definition) is 1. The summed E-state index contributed by atoms with van der Waals surface area (Å²) in [5.74, 6) is 0.509. The number of imidazole rings is 1. The summed E-state index contributed by atoms with van der Waals surface area (Å²) in [4.78, 5) is 11.8. The predicted molar refractivity (Wildman–Crippen MR) is 79.7 cm³/mol. The summed E-state index contributed by atoms with van der Waals surface area (Å²) in [5, 5.41) is 0. The molecule has 20 heavy (non-hydrogen) atoms. The maximum Gasteiger partial charge on any atom is 0.178 e. The predicted octanol–water partition coefficient (Wildman–Crippen LogP) is 2.45. The Labute approximate surface area is 122 Å². The van der Waals surface area contributed by atoms with Crippen molar-refractivity contribution in [1.82, 2.24) is 15.0 Å². The zero-order valence-corrected chi connectivity index (χ0v) is 12.2. The van der Waals surface area contributed by atoms with E-state index in [1.807, 2.05) is 6.07 Å². The number of hydrogen-bond acceptors (Lipinski definition) is 4. The maximum absolute atomic E-state index is 11.8. The van der Waals surface area contributed by atoms with Crippen molar-refractivity contribution in [3.8, 4) is 11.4 Å². The summed E-state index contributed by atoms with van der Waals surface area (Å²) < 4.78 is 23.6. The molecular formula is C13H12ClN3O2S. The van der Waals surface area contributed by atoms with Crippen LogP contribution in [0.2, 0.25) is 0 Å². The summed E-state index contributed by atoms with van der Waals surface area (Å²) in [6.45, 7) is 0. The van der Waals surface area contributed by atoms with Gasteiger partial charge in [0.25, 0.3) is 0 Å². The van der Waals surface area contributed by atoms with Gasteiger partial charge in [-0.2, -0.15) is 0 Å². The number of sulfone groups is 1. The number of aromatic nitrogens is 3. The van der Waals surface area contributed by atoms with Gasteiger partial charge >= 0.3 is 0 Å². The van der Waals surface area contributed by atoms with E-state index in [1.165, 1.54) is 6.26 Å². The van der Waals surface area contributed by atoms with Gasteiger partial charge in [-0.05, 0) is 24.3 Å². The molecule has 0 saturated heterocycles. The molecule has 3 rings (SSSR count). The van der Waals surface area contributed by atoms with Gasteiger partial charge in [0.15, 0.2) is 15.5 Å². The Morgan fingerprint density at radius 1 is 1.10 bits per heavy atom. The SMILES string of the molecule is CS(=O)(=O)c1ccccc1-c1nc2ncccc2[nH]1.Cl. The van der Waals surface area contributed by atoms with Crippen LogP contribution in [-0.2, 0) is 9.84 Å². The first-order valence-electron chi connectivity index (χ1n) is 5.66. The molecule has 5 nitrogen and oxygen atoms in total. The molecule has 0 radical (unpaired) electrons. The molecular weight excluding hydrogens is 298 g/mol. The summed E-state index contributed by atoms with van der Waals surface area (Å²) in [6, 6.07) is 10.4. The highest BCUT2D eigenvalue weighted by atomic mass is 35.5. The Bertz CT molecular complexity index is 826. The van der Waals surface area contributed by atoms with E-state index in [4.69, 9.17) is 0 Å². The van der Waals surface area contributed by atoms with Crippen molar-refractivity contribution in [3.63, 3.8) is 0 Å². The molecule has 3 aromatic rings. The van der Waals surface area contributed by atoms with Crippen molar-refractivity contribution in [2.75, 3.05) is 6.26 Å². The maximum atomic E-state index is 11.8. The molecule has 1 aromatic carbocycles. The molecule has 104 valence electrons. The molecule has 2 aromatic heterocycles. The first-order chi connectivity index (χ1) is 9.05. The van der Waals surface area contributed by atoms with Crippen LogP contribution >= 0.6 is 12.4 Å². The lowest BCUT2D eigenvalue weighted by Gasteiger charge is -2.04. The first kappa shape index (κ1) is 14.5. The number of nitrogens with one attached hydrogen (secondary N) is 1. The number of halogens is 1. The van der Waals surface area contributed by atoms with Crippen LogP contribution in [0.4, 0.5) is 0 Å². The lowest BCUT2D eigenvalue weighted by atomic mass is 10.2. The van der Waals surface area contributed by atoms with Crippen molar-refractivity contribution < 1.29 is 8.42 Å². The van der Waals surface area contributed by atoms with Crippen molar-refractivity contribution in [1.29, 1.82) is 0 Å². The fraction of sp³-hybridized carbons (Fsp3) is 0.0769. The minimum absolute atomic E-state index is 0. The van der Waals surface area contributed by atoms with Crippen molar-refractivity contribution in [2.45, 2.75) is 4.90 Å². The van der Waals surface area contributed by atoms with Crippen LogP contribution in [-0.4, -0.2) is 29.6 Å². The van der Waals surface area contributed by atoms with Crippen molar-refractivity contribution >= 4 is 33.4 Å². The Balaban J connectivity index is 0.00000147. The van der Waals surface area contributed by atoms with Gasteiger partial charge < -0.3 is 4.98 Å². The molecule has 2 heterocycles. The van der Waals surface area contributed by atoms with E-state index in [1.54, 1.807) is 36.5 Å². The van der Waals surface area contributed by atoms with Gasteiger partial charge in [-0.25, -0.2) is 18.4 Å². The highest BCUT2D eigenvalue weighted by Crippen LogP contribution is 2.26. The second-order valence-electron chi connectivity index (χ2n) is 4.23. The number of nitrogens with zero attached hydrogens (tertiary/aromatic N) is 2. The van der Waals surface area contributed by atoms with E-state index in [0.717, 1.165) is 5.52 Å². The topological polar surface area (TPSA) is 75.7 Å². The summed E-state index contributed by atoms with van der Waals surface area (Å²) >= 11 is 0. The molecule has 0 aliphatic heterocycles. The average Bonchev–Trinajstić information content (AvgIpc) is 2.81. The molecule has 1 N–H and O–H groups in total. The molecule has 0 unspecified atom stereocenters. The molecule has 0 fully saturated rings. The summed E-state index contributed by atoms with van der Waals surface area (Å²) in [6.07, 6.45) is 2.84. The smallest absolute Gasteiger partial charge is 0.178 e. The number of H-pyrrole nitrogens is 1. The summed E-state index contributed by atoms with van der Waals surface area (Å²) in [5.41, 5.74) is 1.91. The van der Waals surface area contributed by atoms with Gasteiger partial charge in [-0.1, -0.05) is 12.1 Å². The standard InChI is InChI=1S/C13H11N3O2S.ClH/c1-19(17,18)11-7-3-2-5-9(11)12-15-10-6-4-8-14-13(10)16-12;/h2-8H,1H3,(H,14,15,16);1H. The number of rotatable bonds is 2. The van der Waals surface area contributed by atoms with Crippen LogP contribution < -0.4 is 0 Å². The number of pyridine rings is 1. The Hall–Kier alpha value is -1.92. The van der Waals surface area contributed by atoms with E-state index >= 15 is 0 Å². The Morgan fingerprint density at radius 2 is 1.85 bits per heavy atom. The Kier molecular flexibility index (Phi) is 3.78. The van der Waals surface area contributed by atoms with Crippen LogP contribution in [0.15, 0.2) is 47.5 Å². The molecule has 0 aliphatic rings. The molecule has 0 amide bonds.